The van der Waals surface area contributed by atoms with Gasteiger partial charge in [-0.1, -0.05) is 50.2 Å². The van der Waals surface area contributed by atoms with Crippen LogP contribution in [-0.2, 0) is 16.9 Å². The van der Waals surface area contributed by atoms with Crippen molar-refractivity contribution in [3.05, 3.63) is 65.2 Å². The van der Waals surface area contributed by atoms with Crippen molar-refractivity contribution < 1.29 is 14.4 Å². The van der Waals surface area contributed by atoms with Crippen LogP contribution in [0.4, 0.5) is 0 Å². The van der Waals surface area contributed by atoms with Crippen molar-refractivity contribution in [2.75, 3.05) is 46.4 Å². The van der Waals surface area contributed by atoms with Crippen LogP contribution in [0.15, 0.2) is 47.2 Å². The predicted octanol–water partition coefficient (Wildman–Crippen LogP) is 3.27. The molecule has 2 aliphatic rings. The van der Waals surface area contributed by atoms with Gasteiger partial charge in [0.25, 0.3) is 5.89 Å². The van der Waals surface area contributed by atoms with Crippen molar-refractivity contribution >= 4 is 0 Å². The van der Waals surface area contributed by atoms with E-state index >= 15 is 0 Å². The largest absolute Gasteiger partial charge is 0.380 e. The Morgan fingerprint density at radius 3 is 2.46 bits per heavy atom. The molecule has 0 radical (unpaired) electrons. The summed E-state index contributed by atoms with van der Waals surface area (Å²) in [6, 6.07) is 10.3. The normalized spacial score (nSPS) is 20.5. The van der Waals surface area contributed by atoms with Crippen molar-refractivity contribution in [2.24, 2.45) is 5.41 Å². The Bertz CT molecular complexity index is 1150. The number of pyridine rings is 1. The molecular formula is C27H35N5O3. The highest BCUT2D eigenvalue weighted by Gasteiger charge is 2.55. The predicted molar refractivity (Wildman–Crippen MR) is 133 cm³/mol. The number of likely N-dealkylation sites (tertiary alicyclic amines) is 1. The van der Waals surface area contributed by atoms with Crippen LogP contribution in [-0.4, -0.2) is 76.5 Å². The van der Waals surface area contributed by atoms with E-state index in [-0.39, 0.29) is 5.41 Å². The summed E-state index contributed by atoms with van der Waals surface area (Å²) in [4.78, 5) is 13.6. The van der Waals surface area contributed by atoms with E-state index in [0.717, 1.165) is 50.5 Å². The highest BCUT2D eigenvalue weighted by molar-refractivity contribution is 5.55. The molecule has 35 heavy (non-hydrogen) atoms. The van der Waals surface area contributed by atoms with Crippen LogP contribution >= 0.6 is 0 Å². The highest BCUT2D eigenvalue weighted by atomic mass is 16.5. The lowest BCUT2D eigenvalue weighted by molar-refractivity contribution is -0.127. The zero-order chi connectivity index (χ0) is 24.6. The smallest absolute Gasteiger partial charge is 0.259 e. The Hall–Kier alpha value is -2.65. The minimum atomic E-state index is -1.21. The Morgan fingerprint density at radius 1 is 1.09 bits per heavy atom. The van der Waals surface area contributed by atoms with Crippen LogP contribution in [0.2, 0.25) is 0 Å². The summed E-state index contributed by atoms with van der Waals surface area (Å²) in [6.45, 7) is 11.8. The van der Waals surface area contributed by atoms with E-state index in [4.69, 9.17) is 9.26 Å². The molecule has 0 bridgehead atoms. The lowest BCUT2D eigenvalue weighted by Gasteiger charge is -2.55. The van der Waals surface area contributed by atoms with Gasteiger partial charge >= 0.3 is 0 Å². The van der Waals surface area contributed by atoms with Gasteiger partial charge in [0.1, 0.15) is 5.60 Å². The molecule has 0 spiro atoms. The van der Waals surface area contributed by atoms with Gasteiger partial charge < -0.3 is 19.3 Å². The summed E-state index contributed by atoms with van der Waals surface area (Å²) in [6.07, 6.45) is 3.47. The molecule has 1 N–H and O–H groups in total. The molecule has 2 saturated heterocycles. The molecule has 4 heterocycles. The average molecular weight is 478 g/mol. The van der Waals surface area contributed by atoms with Gasteiger partial charge in [-0.25, -0.2) is 0 Å². The van der Waals surface area contributed by atoms with Crippen LogP contribution in [0, 0.1) is 5.41 Å². The number of ether oxygens (including phenoxy) is 1. The van der Waals surface area contributed by atoms with Crippen LogP contribution in [0.25, 0.3) is 11.5 Å². The summed E-state index contributed by atoms with van der Waals surface area (Å²) in [7, 11) is 2.08. The molecule has 1 atom stereocenters. The second-order valence-corrected chi connectivity index (χ2v) is 10.6. The molecule has 0 saturated carbocycles. The molecule has 186 valence electrons. The molecule has 3 aromatic rings. The van der Waals surface area contributed by atoms with Gasteiger partial charge in [-0.3, -0.25) is 9.88 Å². The number of rotatable bonds is 7. The van der Waals surface area contributed by atoms with Gasteiger partial charge in [0, 0.05) is 49.6 Å². The quantitative estimate of drug-likeness (QED) is 0.555. The molecule has 8 nitrogen and oxygen atoms in total. The summed E-state index contributed by atoms with van der Waals surface area (Å²) in [5, 5.41) is 16.6. The van der Waals surface area contributed by atoms with E-state index < -0.39 is 5.60 Å². The van der Waals surface area contributed by atoms with Gasteiger partial charge in [0.2, 0.25) is 0 Å². The molecule has 5 rings (SSSR count). The molecule has 1 aromatic carbocycles. The topological polar surface area (TPSA) is 87.8 Å². The third kappa shape index (κ3) is 4.51. The van der Waals surface area contributed by atoms with E-state index in [1.807, 2.05) is 6.07 Å². The number of hydrogen-bond donors (Lipinski definition) is 1. The summed E-state index contributed by atoms with van der Waals surface area (Å²) >= 11 is 0. The fourth-order valence-electron chi connectivity index (χ4n) is 5.50. The average Bonchev–Trinajstić information content (AvgIpc) is 3.32. The number of benzene rings is 1. The standard InChI is InChI=1S/C27H35N5O3/c1-19(2)20-5-7-22(8-6-20)27(33,26(3)17-31(4)18-26)23-13-21(14-28-15-23)25-29-24(30-35-25)16-32-9-11-34-12-10-32/h5-8,13-15,19,33H,9-12,16-18H2,1-4H3. The van der Waals surface area contributed by atoms with E-state index in [1.54, 1.807) is 12.4 Å². The fourth-order valence-corrected chi connectivity index (χ4v) is 5.50. The second-order valence-electron chi connectivity index (χ2n) is 10.6. The SMILES string of the molecule is CC(C)c1ccc(C(O)(c2cncc(-c3nc(CN4CCOCC4)no3)c2)C2(C)CN(C)C2)cc1. The maximum atomic E-state index is 12.4. The lowest BCUT2D eigenvalue weighted by atomic mass is 9.62. The number of nitrogens with zero attached hydrogens (tertiary/aromatic N) is 5. The van der Waals surface area contributed by atoms with E-state index in [1.165, 1.54) is 5.56 Å². The molecule has 1 unspecified atom stereocenters. The molecular weight excluding hydrogens is 442 g/mol. The first-order valence-electron chi connectivity index (χ1n) is 12.4. The first-order valence-corrected chi connectivity index (χ1v) is 12.4. The van der Waals surface area contributed by atoms with Gasteiger partial charge in [0.05, 0.1) is 25.3 Å². The van der Waals surface area contributed by atoms with Gasteiger partial charge in [0.15, 0.2) is 5.82 Å². The van der Waals surface area contributed by atoms with Gasteiger partial charge in [-0.15, -0.1) is 0 Å². The fraction of sp³-hybridized carbons (Fsp3) is 0.519. The third-order valence-corrected chi connectivity index (χ3v) is 7.45. The Balaban J connectivity index is 1.48. The zero-order valence-electron chi connectivity index (χ0n) is 21.1. The highest BCUT2D eigenvalue weighted by Crippen LogP contribution is 2.50. The minimum Gasteiger partial charge on any atom is -0.380 e. The number of aliphatic hydroxyl groups is 1. The minimum absolute atomic E-state index is 0.363. The Morgan fingerprint density at radius 2 is 1.80 bits per heavy atom. The van der Waals surface area contributed by atoms with Crippen LogP contribution in [0.3, 0.4) is 0 Å². The van der Waals surface area contributed by atoms with E-state index in [2.05, 4.69) is 77.0 Å². The van der Waals surface area contributed by atoms with Crippen LogP contribution in [0.5, 0.6) is 0 Å². The first-order chi connectivity index (χ1) is 16.8. The maximum absolute atomic E-state index is 12.4. The summed E-state index contributed by atoms with van der Waals surface area (Å²) in [5.74, 6) is 1.48. The zero-order valence-corrected chi connectivity index (χ0v) is 21.1. The van der Waals surface area contributed by atoms with Crippen molar-refractivity contribution in [3.63, 3.8) is 0 Å². The van der Waals surface area contributed by atoms with Crippen molar-refractivity contribution in [1.82, 2.24) is 24.9 Å². The van der Waals surface area contributed by atoms with Crippen LogP contribution in [0.1, 0.15) is 49.2 Å². The Labute approximate surface area is 206 Å². The summed E-state index contributed by atoms with van der Waals surface area (Å²) in [5.41, 5.74) is 1.98. The van der Waals surface area contributed by atoms with Crippen LogP contribution < -0.4 is 0 Å². The molecule has 8 heteroatoms. The van der Waals surface area contributed by atoms with Gasteiger partial charge in [-0.05, 0) is 30.2 Å². The molecule has 2 fully saturated rings. The van der Waals surface area contributed by atoms with Crippen molar-refractivity contribution in [3.8, 4) is 11.5 Å². The van der Waals surface area contributed by atoms with E-state index in [0.29, 0.717) is 29.7 Å². The first kappa shape index (κ1) is 24.1. The van der Waals surface area contributed by atoms with Gasteiger partial charge in [-0.2, -0.15) is 4.98 Å². The molecule has 0 amide bonds. The lowest BCUT2D eigenvalue weighted by Crippen LogP contribution is -2.63. The monoisotopic (exact) mass is 477 g/mol. The molecule has 2 aromatic heterocycles. The second kappa shape index (κ2) is 9.43. The van der Waals surface area contributed by atoms with Crippen molar-refractivity contribution in [1.29, 1.82) is 0 Å². The third-order valence-electron chi connectivity index (χ3n) is 7.45. The number of aromatic nitrogens is 3. The number of hydrogen-bond acceptors (Lipinski definition) is 8. The maximum Gasteiger partial charge on any atom is 0.259 e. The number of morpholine rings is 1. The Kier molecular flexibility index (Phi) is 6.48. The molecule has 2 aliphatic heterocycles. The molecule has 0 aliphatic carbocycles. The summed E-state index contributed by atoms with van der Waals surface area (Å²) < 4.78 is 11.0. The van der Waals surface area contributed by atoms with E-state index in [9.17, 15) is 5.11 Å². The van der Waals surface area contributed by atoms with Crippen molar-refractivity contribution in [2.45, 2.75) is 38.8 Å².